The Bertz CT molecular complexity index is 443. The van der Waals surface area contributed by atoms with E-state index in [9.17, 15) is 9.59 Å². The summed E-state index contributed by atoms with van der Waals surface area (Å²) in [5, 5.41) is 5.37. The Labute approximate surface area is 126 Å². The summed E-state index contributed by atoms with van der Waals surface area (Å²) in [6.45, 7) is 2.74. The van der Waals surface area contributed by atoms with Crippen LogP contribution >= 0.6 is 0 Å². The van der Waals surface area contributed by atoms with Crippen LogP contribution in [0.2, 0.25) is 0 Å². The molecule has 0 aromatic heterocycles. The molecule has 4 N–H and O–H groups in total. The number of rotatable bonds is 9. The van der Waals surface area contributed by atoms with Gasteiger partial charge in [-0.15, -0.1) is 0 Å². The van der Waals surface area contributed by atoms with Gasteiger partial charge in [-0.3, -0.25) is 9.59 Å². The van der Waals surface area contributed by atoms with Gasteiger partial charge in [0.1, 0.15) is 0 Å². The molecule has 0 saturated carbocycles. The highest BCUT2D eigenvalue weighted by Crippen LogP contribution is 2.09. The van der Waals surface area contributed by atoms with Crippen molar-refractivity contribution in [2.45, 2.75) is 39.0 Å². The van der Waals surface area contributed by atoms with E-state index in [-0.39, 0.29) is 18.4 Å². The highest BCUT2D eigenvalue weighted by atomic mass is 16.2. The van der Waals surface area contributed by atoms with Crippen molar-refractivity contribution in [3.63, 3.8) is 0 Å². The summed E-state index contributed by atoms with van der Waals surface area (Å²) < 4.78 is 0. The molecule has 21 heavy (non-hydrogen) atoms. The number of carbonyl (C=O) groups is 2. The smallest absolute Gasteiger partial charge is 0.243 e. The van der Waals surface area contributed by atoms with Crippen LogP contribution in [0.4, 0.5) is 5.69 Å². The number of hydrogen-bond acceptors (Lipinski definition) is 3. The third-order valence-corrected chi connectivity index (χ3v) is 3.20. The van der Waals surface area contributed by atoms with Gasteiger partial charge in [0, 0.05) is 12.1 Å². The SMILES string of the molecule is CCc1ccc(NC(=O)CNC(=O)CCCCCN)cc1. The topological polar surface area (TPSA) is 84.2 Å². The molecule has 0 fully saturated rings. The fraction of sp³-hybridized carbons (Fsp3) is 0.500. The molecule has 5 nitrogen and oxygen atoms in total. The van der Waals surface area contributed by atoms with Crippen molar-refractivity contribution in [2.24, 2.45) is 5.73 Å². The second-order valence-electron chi connectivity index (χ2n) is 4.97. The maximum absolute atomic E-state index is 11.7. The largest absolute Gasteiger partial charge is 0.347 e. The third-order valence-electron chi connectivity index (χ3n) is 3.20. The van der Waals surface area contributed by atoms with E-state index in [1.54, 1.807) is 0 Å². The average molecular weight is 291 g/mol. The first-order valence-corrected chi connectivity index (χ1v) is 7.51. The van der Waals surface area contributed by atoms with Crippen LogP contribution in [-0.2, 0) is 16.0 Å². The number of benzene rings is 1. The van der Waals surface area contributed by atoms with E-state index < -0.39 is 0 Å². The standard InChI is InChI=1S/C16H25N3O2/c1-2-13-7-9-14(10-8-13)19-16(21)12-18-15(20)6-4-3-5-11-17/h7-10H,2-6,11-12,17H2,1H3,(H,18,20)(H,19,21). The third kappa shape index (κ3) is 7.46. The summed E-state index contributed by atoms with van der Waals surface area (Å²) in [7, 11) is 0. The molecule has 116 valence electrons. The fourth-order valence-electron chi connectivity index (χ4n) is 1.90. The van der Waals surface area contributed by atoms with Crippen molar-refractivity contribution in [3.8, 4) is 0 Å². The first kappa shape index (κ1) is 17.2. The van der Waals surface area contributed by atoms with Crippen molar-refractivity contribution in [3.05, 3.63) is 29.8 Å². The van der Waals surface area contributed by atoms with E-state index >= 15 is 0 Å². The summed E-state index contributed by atoms with van der Waals surface area (Å²) in [5.74, 6) is -0.307. The molecule has 1 aromatic carbocycles. The normalized spacial score (nSPS) is 10.2. The molecular weight excluding hydrogens is 266 g/mol. The van der Waals surface area contributed by atoms with E-state index in [2.05, 4.69) is 17.6 Å². The van der Waals surface area contributed by atoms with Crippen LogP contribution in [0.25, 0.3) is 0 Å². The molecule has 2 amide bonds. The maximum atomic E-state index is 11.7. The minimum atomic E-state index is -0.213. The maximum Gasteiger partial charge on any atom is 0.243 e. The number of nitrogens with one attached hydrogen (secondary N) is 2. The van der Waals surface area contributed by atoms with Crippen molar-refractivity contribution in [1.29, 1.82) is 0 Å². The van der Waals surface area contributed by atoms with Crippen molar-refractivity contribution < 1.29 is 9.59 Å². The molecule has 0 saturated heterocycles. The summed E-state index contributed by atoms with van der Waals surface area (Å²) in [6.07, 6.45) is 4.09. The lowest BCUT2D eigenvalue weighted by atomic mass is 10.1. The van der Waals surface area contributed by atoms with Crippen LogP contribution in [-0.4, -0.2) is 24.9 Å². The summed E-state index contributed by atoms with van der Waals surface area (Å²) in [5.41, 5.74) is 7.35. The van der Waals surface area contributed by atoms with E-state index in [4.69, 9.17) is 5.73 Å². The van der Waals surface area contributed by atoms with E-state index in [0.29, 0.717) is 13.0 Å². The van der Waals surface area contributed by atoms with Crippen LogP contribution in [0.15, 0.2) is 24.3 Å². The zero-order valence-electron chi connectivity index (χ0n) is 12.7. The van der Waals surface area contributed by atoms with Crippen LogP contribution in [0, 0.1) is 0 Å². The van der Waals surface area contributed by atoms with Gasteiger partial charge in [0.25, 0.3) is 0 Å². The van der Waals surface area contributed by atoms with Crippen molar-refractivity contribution >= 4 is 17.5 Å². The average Bonchev–Trinajstić information content (AvgIpc) is 2.50. The Morgan fingerprint density at radius 2 is 1.76 bits per heavy atom. The van der Waals surface area contributed by atoms with Gasteiger partial charge in [0.15, 0.2) is 0 Å². The molecule has 0 aliphatic rings. The molecule has 0 unspecified atom stereocenters. The number of aryl methyl sites for hydroxylation is 1. The number of amides is 2. The van der Waals surface area contributed by atoms with Crippen LogP contribution in [0.3, 0.4) is 0 Å². The lowest BCUT2D eigenvalue weighted by Gasteiger charge is -2.07. The number of nitrogens with two attached hydrogens (primary N) is 1. The van der Waals surface area contributed by atoms with E-state index in [0.717, 1.165) is 31.4 Å². The van der Waals surface area contributed by atoms with Gasteiger partial charge in [-0.05, 0) is 43.5 Å². The van der Waals surface area contributed by atoms with E-state index in [1.165, 1.54) is 5.56 Å². The number of anilines is 1. The monoisotopic (exact) mass is 291 g/mol. The highest BCUT2D eigenvalue weighted by molar-refractivity contribution is 5.94. The van der Waals surface area contributed by atoms with Gasteiger partial charge in [-0.1, -0.05) is 25.5 Å². The molecule has 0 bridgehead atoms. The molecule has 0 spiro atoms. The van der Waals surface area contributed by atoms with Gasteiger partial charge in [-0.25, -0.2) is 0 Å². The minimum absolute atomic E-state index is 0.00521. The minimum Gasteiger partial charge on any atom is -0.347 e. The van der Waals surface area contributed by atoms with Crippen LogP contribution in [0.5, 0.6) is 0 Å². The molecule has 0 atom stereocenters. The Balaban J connectivity index is 2.22. The number of carbonyl (C=O) groups excluding carboxylic acids is 2. The van der Waals surface area contributed by atoms with Crippen molar-refractivity contribution in [1.82, 2.24) is 5.32 Å². The second kappa shape index (κ2) is 9.94. The zero-order chi connectivity index (χ0) is 15.5. The Kier molecular flexibility index (Phi) is 8.12. The molecule has 5 heteroatoms. The summed E-state index contributed by atoms with van der Waals surface area (Å²) >= 11 is 0. The predicted molar refractivity (Wildman–Crippen MR) is 85.0 cm³/mol. The predicted octanol–water partition coefficient (Wildman–Crippen LogP) is 1.82. The highest BCUT2D eigenvalue weighted by Gasteiger charge is 2.05. The molecule has 0 aliphatic carbocycles. The van der Waals surface area contributed by atoms with Gasteiger partial charge < -0.3 is 16.4 Å². The summed E-state index contributed by atoms with van der Waals surface area (Å²) in [6, 6.07) is 7.69. The van der Waals surface area contributed by atoms with Crippen LogP contribution in [0.1, 0.15) is 38.2 Å². The second-order valence-corrected chi connectivity index (χ2v) is 4.97. The number of unbranched alkanes of at least 4 members (excludes halogenated alkanes) is 2. The fourth-order valence-corrected chi connectivity index (χ4v) is 1.90. The number of hydrogen-bond donors (Lipinski definition) is 3. The zero-order valence-corrected chi connectivity index (χ0v) is 12.7. The lowest BCUT2D eigenvalue weighted by Crippen LogP contribution is -2.32. The van der Waals surface area contributed by atoms with E-state index in [1.807, 2.05) is 24.3 Å². The van der Waals surface area contributed by atoms with Crippen LogP contribution < -0.4 is 16.4 Å². The Morgan fingerprint density at radius 3 is 2.38 bits per heavy atom. The first-order chi connectivity index (χ1) is 10.2. The van der Waals surface area contributed by atoms with Gasteiger partial charge in [-0.2, -0.15) is 0 Å². The van der Waals surface area contributed by atoms with Gasteiger partial charge in [0.2, 0.25) is 11.8 Å². The Hall–Kier alpha value is -1.88. The molecule has 0 aliphatic heterocycles. The first-order valence-electron chi connectivity index (χ1n) is 7.51. The molecule has 1 rings (SSSR count). The quantitative estimate of drug-likeness (QED) is 0.607. The molecule has 1 aromatic rings. The Morgan fingerprint density at radius 1 is 1.05 bits per heavy atom. The van der Waals surface area contributed by atoms with Crippen molar-refractivity contribution in [2.75, 3.05) is 18.4 Å². The molecular formula is C16H25N3O2. The lowest BCUT2D eigenvalue weighted by molar-refractivity contribution is -0.124. The van der Waals surface area contributed by atoms with Gasteiger partial charge in [0.05, 0.1) is 6.54 Å². The summed E-state index contributed by atoms with van der Waals surface area (Å²) in [4.78, 5) is 23.2. The molecule has 0 radical (unpaired) electrons. The molecule has 0 heterocycles. The van der Waals surface area contributed by atoms with Gasteiger partial charge >= 0.3 is 0 Å².